The maximum absolute atomic E-state index is 6.39. The minimum Gasteiger partial charge on any atom is -0.493 e. The van der Waals surface area contributed by atoms with Crippen LogP contribution in [0.5, 0.6) is 5.75 Å². The van der Waals surface area contributed by atoms with E-state index in [0.29, 0.717) is 5.02 Å². The number of fused-ring (bicyclic) bond motifs is 1. The van der Waals surface area contributed by atoms with Crippen LogP contribution in [0.2, 0.25) is 5.02 Å². The van der Waals surface area contributed by atoms with Gasteiger partial charge in [-0.15, -0.1) is 0 Å². The molecule has 0 aromatic heterocycles. The lowest BCUT2D eigenvalue weighted by molar-refractivity contribution is 0.352. The van der Waals surface area contributed by atoms with E-state index in [1.165, 1.54) is 5.56 Å². The molecule has 2 N–H and O–H groups in total. The monoisotopic (exact) mass is 337 g/mol. The first kappa shape index (κ1) is 13.0. The second kappa shape index (κ2) is 5.16. The van der Waals surface area contributed by atoms with Crippen molar-refractivity contribution in [3.8, 4) is 5.75 Å². The Morgan fingerprint density at radius 3 is 2.84 bits per heavy atom. The lowest BCUT2D eigenvalue weighted by Gasteiger charge is -2.17. The van der Waals surface area contributed by atoms with Crippen LogP contribution in [0.3, 0.4) is 0 Å². The number of para-hydroxylation sites is 1. The van der Waals surface area contributed by atoms with Crippen LogP contribution < -0.4 is 10.5 Å². The molecule has 1 atom stereocenters. The molecule has 1 aliphatic rings. The fourth-order valence-corrected chi connectivity index (χ4v) is 3.34. The summed E-state index contributed by atoms with van der Waals surface area (Å²) in [7, 11) is 0. The van der Waals surface area contributed by atoms with Crippen LogP contribution in [-0.2, 0) is 6.42 Å². The van der Waals surface area contributed by atoms with E-state index >= 15 is 0 Å². The summed E-state index contributed by atoms with van der Waals surface area (Å²) in [5.41, 5.74) is 9.66. The largest absolute Gasteiger partial charge is 0.493 e. The summed E-state index contributed by atoms with van der Waals surface area (Å²) in [5.74, 6) is 0.942. The van der Waals surface area contributed by atoms with Crippen molar-refractivity contribution in [1.29, 1.82) is 0 Å². The van der Waals surface area contributed by atoms with E-state index < -0.39 is 0 Å². The van der Waals surface area contributed by atoms with Crippen molar-refractivity contribution in [1.82, 2.24) is 0 Å². The molecule has 19 heavy (non-hydrogen) atoms. The minimum atomic E-state index is -0.223. The first-order valence-corrected chi connectivity index (χ1v) is 7.29. The molecule has 4 heteroatoms. The minimum absolute atomic E-state index is 0.223. The zero-order chi connectivity index (χ0) is 13.4. The van der Waals surface area contributed by atoms with Gasteiger partial charge in [-0.1, -0.05) is 51.8 Å². The van der Waals surface area contributed by atoms with E-state index in [-0.39, 0.29) is 6.04 Å². The zero-order valence-corrected chi connectivity index (χ0v) is 12.5. The molecule has 1 heterocycles. The molecule has 0 spiro atoms. The number of halogens is 2. The summed E-state index contributed by atoms with van der Waals surface area (Å²) < 4.78 is 6.63. The fourth-order valence-electron chi connectivity index (χ4n) is 2.41. The molecular weight excluding hydrogens is 326 g/mol. The van der Waals surface area contributed by atoms with E-state index in [4.69, 9.17) is 22.1 Å². The summed E-state index contributed by atoms with van der Waals surface area (Å²) in [6.45, 7) is 0.737. The molecule has 0 aliphatic carbocycles. The molecule has 2 aromatic carbocycles. The fraction of sp³-hybridized carbons (Fsp3) is 0.200. The quantitative estimate of drug-likeness (QED) is 0.895. The predicted octanol–water partition coefficient (Wildman–Crippen LogP) is 4.09. The van der Waals surface area contributed by atoms with E-state index in [0.717, 1.165) is 34.4 Å². The van der Waals surface area contributed by atoms with Gasteiger partial charge in [0, 0.05) is 21.5 Å². The van der Waals surface area contributed by atoms with Crippen LogP contribution in [0.1, 0.15) is 22.7 Å². The lowest BCUT2D eigenvalue weighted by atomic mass is 9.97. The van der Waals surface area contributed by atoms with Gasteiger partial charge in [-0.05, 0) is 23.3 Å². The number of hydrogen-bond acceptors (Lipinski definition) is 2. The molecule has 0 saturated heterocycles. The Hall–Kier alpha value is -1.03. The second-order valence-corrected chi connectivity index (χ2v) is 5.87. The van der Waals surface area contributed by atoms with E-state index in [1.807, 2.05) is 30.3 Å². The van der Waals surface area contributed by atoms with Gasteiger partial charge in [0.1, 0.15) is 5.75 Å². The summed E-state index contributed by atoms with van der Waals surface area (Å²) >= 11 is 9.49. The molecule has 1 unspecified atom stereocenters. The van der Waals surface area contributed by atoms with Gasteiger partial charge in [-0.25, -0.2) is 0 Å². The molecule has 0 radical (unpaired) electrons. The topological polar surface area (TPSA) is 35.2 Å². The van der Waals surface area contributed by atoms with Gasteiger partial charge in [-0.3, -0.25) is 0 Å². The van der Waals surface area contributed by atoms with Crippen LogP contribution in [0.25, 0.3) is 0 Å². The molecule has 98 valence electrons. The van der Waals surface area contributed by atoms with Crippen molar-refractivity contribution in [2.24, 2.45) is 5.73 Å². The molecule has 0 amide bonds. The highest BCUT2D eigenvalue weighted by molar-refractivity contribution is 9.10. The van der Waals surface area contributed by atoms with E-state index in [1.54, 1.807) is 0 Å². The Bertz CT molecular complexity index is 630. The van der Waals surface area contributed by atoms with Crippen molar-refractivity contribution < 1.29 is 4.74 Å². The average Bonchev–Trinajstić information content (AvgIpc) is 2.86. The molecule has 0 bridgehead atoms. The number of ether oxygens (including phenoxy) is 1. The Kier molecular flexibility index (Phi) is 3.52. The van der Waals surface area contributed by atoms with Crippen molar-refractivity contribution in [2.75, 3.05) is 6.61 Å². The summed E-state index contributed by atoms with van der Waals surface area (Å²) in [6.07, 6.45) is 0.956. The van der Waals surface area contributed by atoms with Gasteiger partial charge < -0.3 is 10.5 Å². The molecule has 2 nitrogen and oxygen atoms in total. The third-order valence-corrected chi connectivity index (χ3v) is 4.30. The molecular formula is C15H13BrClNO. The number of nitrogens with two attached hydrogens (primary N) is 1. The van der Waals surface area contributed by atoms with Crippen LogP contribution >= 0.6 is 27.5 Å². The molecule has 0 saturated carbocycles. The first-order chi connectivity index (χ1) is 9.16. The van der Waals surface area contributed by atoms with Crippen molar-refractivity contribution in [2.45, 2.75) is 12.5 Å². The highest BCUT2D eigenvalue weighted by Gasteiger charge is 2.22. The van der Waals surface area contributed by atoms with Gasteiger partial charge in [0.2, 0.25) is 0 Å². The van der Waals surface area contributed by atoms with Crippen molar-refractivity contribution in [3.05, 3.63) is 62.6 Å². The Morgan fingerprint density at radius 2 is 2.05 bits per heavy atom. The van der Waals surface area contributed by atoms with Crippen molar-refractivity contribution >= 4 is 27.5 Å². The Labute approximate surface area is 125 Å². The third-order valence-electron chi connectivity index (χ3n) is 3.38. The Morgan fingerprint density at radius 1 is 1.21 bits per heavy atom. The summed E-state index contributed by atoms with van der Waals surface area (Å²) in [4.78, 5) is 0. The van der Waals surface area contributed by atoms with Gasteiger partial charge in [0.15, 0.2) is 0 Å². The van der Waals surface area contributed by atoms with Crippen LogP contribution in [0.15, 0.2) is 40.9 Å². The third kappa shape index (κ3) is 2.38. The maximum atomic E-state index is 6.39. The van der Waals surface area contributed by atoms with E-state index in [2.05, 4.69) is 22.0 Å². The van der Waals surface area contributed by atoms with Crippen LogP contribution in [0.4, 0.5) is 0 Å². The van der Waals surface area contributed by atoms with E-state index in [9.17, 15) is 0 Å². The van der Waals surface area contributed by atoms with Gasteiger partial charge in [-0.2, -0.15) is 0 Å². The second-order valence-electron chi connectivity index (χ2n) is 4.58. The standard InChI is InChI=1S/C15H13BrClNO/c16-13-8-10(17)4-5-11(13)14(18)12-3-1-2-9-6-7-19-15(9)12/h1-5,8,14H,6-7,18H2. The Balaban J connectivity index is 2.05. The average molecular weight is 339 g/mol. The molecule has 0 fully saturated rings. The summed E-state index contributed by atoms with van der Waals surface area (Å²) in [6, 6.07) is 11.6. The normalized spacial score (nSPS) is 14.9. The van der Waals surface area contributed by atoms with Crippen LogP contribution in [0, 0.1) is 0 Å². The van der Waals surface area contributed by atoms with Gasteiger partial charge >= 0.3 is 0 Å². The summed E-state index contributed by atoms with van der Waals surface area (Å²) in [5, 5.41) is 0.692. The smallest absolute Gasteiger partial charge is 0.127 e. The molecule has 2 aromatic rings. The maximum Gasteiger partial charge on any atom is 0.127 e. The van der Waals surface area contributed by atoms with Gasteiger partial charge in [0.05, 0.1) is 12.6 Å². The van der Waals surface area contributed by atoms with Crippen LogP contribution in [-0.4, -0.2) is 6.61 Å². The lowest BCUT2D eigenvalue weighted by Crippen LogP contribution is -2.13. The zero-order valence-electron chi connectivity index (χ0n) is 10.2. The van der Waals surface area contributed by atoms with Gasteiger partial charge in [0.25, 0.3) is 0 Å². The predicted molar refractivity (Wildman–Crippen MR) is 80.8 cm³/mol. The highest BCUT2D eigenvalue weighted by Crippen LogP contribution is 2.37. The number of benzene rings is 2. The molecule has 3 rings (SSSR count). The SMILES string of the molecule is NC(c1ccc(Cl)cc1Br)c1cccc2c1OCC2. The van der Waals surface area contributed by atoms with Crippen molar-refractivity contribution in [3.63, 3.8) is 0 Å². The number of hydrogen-bond donors (Lipinski definition) is 1. The first-order valence-electron chi connectivity index (χ1n) is 6.12. The highest BCUT2D eigenvalue weighted by atomic mass is 79.9. The number of rotatable bonds is 2. The molecule has 1 aliphatic heterocycles.